The molecule has 0 saturated carbocycles. The second-order valence-corrected chi connectivity index (χ2v) is 7.69. The van der Waals surface area contributed by atoms with Crippen LogP contribution in [-0.2, 0) is 6.54 Å². The number of rotatable bonds is 4. The summed E-state index contributed by atoms with van der Waals surface area (Å²) < 4.78 is 1.76. The minimum atomic E-state index is -0.0297. The molecule has 162 valence electrons. The third-order valence-corrected chi connectivity index (χ3v) is 5.58. The summed E-state index contributed by atoms with van der Waals surface area (Å²) in [6.45, 7) is 3.43. The molecular formula is C23H24N8O. The number of hydrogen-bond donors (Lipinski definition) is 1. The highest BCUT2D eigenvalue weighted by Crippen LogP contribution is 2.20. The molecule has 0 bridgehead atoms. The number of benzene rings is 1. The smallest absolute Gasteiger partial charge is 0.317 e. The number of anilines is 1. The standard InChI is InChI=1S/C23H24N8O/c32-23(25-17-18-5-2-1-3-6-18)30-14-4-13-29(15-16-30)21-8-7-20-26-27-22(31(20)28-21)19-9-11-24-12-10-19/h1-3,5-12H,4,13-17H2,(H,25,32). The van der Waals surface area contributed by atoms with Crippen molar-refractivity contribution < 1.29 is 4.79 Å². The molecule has 0 aliphatic carbocycles. The van der Waals surface area contributed by atoms with Crippen molar-refractivity contribution in [3.8, 4) is 11.4 Å². The molecular weight excluding hydrogens is 404 g/mol. The van der Waals surface area contributed by atoms with Crippen LogP contribution in [0.15, 0.2) is 67.0 Å². The Morgan fingerprint density at radius 3 is 2.59 bits per heavy atom. The van der Waals surface area contributed by atoms with Crippen LogP contribution in [0, 0.1) is 0 Å². The third kappa shape index (κ3) is 4.22. The maximum atomic E-state index is 12.7. The first-order valence-corrected chi connectivity index (χ1v) is 10.7. The fraction of sp³-hybridized carbons (Fsp3) is 0.261. The van der Waals surface area contributed by atoms with Crippen LogP contribution in [0.2, 0.25) is 0 Å². The van der Waals surface area contributed by atoms with Crippen molar-refractivity contribution in [2.75, 3.05) is 31.1 Å². The number of carbonyl (C=O) groups is 1. The quantitative estimate of drug-likeness (QED) is 0.537. The summed E-state index contributed by atoms with van der Waals surface area (Å²) in [5.41, 5.74) is 2.69. The van der Waals surface area contributed by atoms with Crippen molar-refractivity contribution in [3.05, 3.63) is 72.6 Å². The highest BCUT2D eigenvalue weighted by atomic mass is 16.2. The molecule has 1 fully saturated rings. The van der Waals surface area contributed by atoms with Gasteiger partial charge in [0.1, 0.15) is 5.82 Å². The average Bonchev–Trinajstić information content (AvgIpc) is 3.11. The Balaban J connectivity index is 1.27. The predicted molar refractivity (Wildman–Crippen MR) is 121 cm³/mol. The van der Waals surface area contributed by atoms with E-state index in [1.807, 2.05) is 59.5 Å². The van der Waals surface area contributed by atoms with E-state index in [4.69, 9.17) is 5.10 Å². The number of urea groups is 1. The Morgan fingerprint density at radius 2 is 1.75 bits per heavy atom. The van der Waals surface area contributed by atoms with E-state index in [0.717, 1.165) is 29.9 Å². The Hall–Kier alpha value is -4.01. The van der Waals surface area contributed by atoms with E-state index in [-0.39, 0.29) is 6.03 Å². The highest BCUT2D eigenvalue weighted by molar-refractivity contribution is 5.74. The monoisotopic (exact) mass is 428 g/mol. The number of amides is 2. The summed E-state index contributed by atoms with van der Waals surface area (Å²) in [4.78, 5) is 20.8. The van der Waals surface area contributed by atoms with E-state index in [0.29, 0.717) is 37.7 Å². The van der Waals surface area contributed by atoms with Gasteiger partial charge in [0.2, 0.25) is 0 Å². The molecule has 1 saturated heterocycles. The number of carbonyl (C=O) groups excluding carboxylic acids is 1. The molecule has 1 aliphatic heterocycles. The van der Waals surface area contributed by atoms with Crippen LogP contribution in [0.1, 0.15) is 12.0 Å². The molecule has 9 heteroatoms. The molecule has 1 aliphatic rings. The molecule has 2 amide bonds. The van der Waals surface area contributed by atoms with E-state index in [1.165, 1.54) is 0 Å². The summed E-state index contributed by atoms with van der Waals surface area (Å²) in [5.74, 6) is 1.53. The van der Waals surface area contributed by atoms with Crippen LogP contribution in [0.3, 0.4) is 0 Å². The predicted octanol–water partition coefficient (Wildman–Crippen LogP) is 2.61. The molecule has 4 heterocycles. The van der Waals surface area contributed by atoms with E-state index in [2.05, 4.69) is 25.4 Å². The van der Waals surface area contributed by atoms with Crippen molar-refractivity contribution in [2.45, 2.75) is 13.0 Å². The fourth-order valence-electron chi connectivity index (χ4n) is 3.86. The Bertz CT molecular complexity index is 1190. The number of nitrogens with one attached hydrogen (secondary N) is 1. The van der Waals surface area contributed by atoms with Gasteiger partial charge in [-0.25, -0.2) is 4.79 Å². The van der Waals surface area contributed by atoms with Gasteiger partial charge < -0.3 is 15.1 Å². The number of fused-ring (bicyclic) bond motifs is 1. The molecule has 1 N–H and O–H groups in total. The van der Waals surface area contributed by atoms with Gasteiger partial charge in [-0.2, -0.15) is 4.52 Å². The molecule has 0 atom stereocenters. The molecule has 4 aromatic rings. The topological polar surface area (TPSA) is 91.5 Å². The van der Waals surface area contributed by atoms with E-state index in [9.17, 15) is 4.79 Å². The van der Waals surface area contributed by atoms with Crippen molar-refractivity contribution in [3.63, 3.8) is 0 Å². The van der Waals surface area contributed by atoms with Crippen molar-refractivity contribution in [1.82, 2.24) is 35.0 Å². The maximum Gasteiger partial charge on any atom is 0.317 e. The first kappa shape index (κ1) is 19.9. The maximum absolute atomic E-state index is 12.7. The zero-order valence-corrected chi connectivity index (χ0v) is 17.6. The van der Waals surface area contributed by atoms with Gasteiger partial charge in [-0.1, -0.05) is 30.3 Å². The van der Waals surface area contributed by atoms with Gasteiger partial charge in [0.25, 0.3) is 0 Å². The van der Waals surface area contributed by atoms with Crippen molar-refractivity contribution in [1.29, 1.82) is 0 Å². The Morgan fingerprint density at radius 1 is 0.906 bits per heavy atom. The normalized spacial score (nSPS) is 14.4. The SMILES string of the molecule is O=C(NCc1ccccc1)N1CCCN(c2ccc3nnc(-c4ccncc4)n3n2)CC1. The fourth-order valence-corrected chi connectivity index (χ4v) is 3.86. The molecule has 9 nitrogen and oxygen atoms in total. The minimum absolute atomic E-state index is 0.0297. The van der Waals surface area contributed by atoms with E-state index in [1.54, 1.807) is 16.9 Å². The van der Waals surface area contributed by atoms with E-state index < -0.39 is 0 Å². The largest absolute Gasteiger partial charge is 0.353 e. The van der Waals surface area contributed by atoms with Crippen molar-refractivity contribution in [2.24, 2.45) is 0 Å². The Labute approximate surface area is 185 Å². The van der Waals surface area contributed by atoms with Crippen LogP contribution < -0.4 is 10.2 Å². The van der Waals surface area contributed by atoms with Gasteiger partial charge in [0.15, 0.2) is 11.5 Å². The molecule has 32 heavy (non-hydrogen) atoms. The minimum Gasteiger partial charge on any atom is -0.353 e. The van der Waals surface area contributed by atoms with E-state index >= 15 is 0 Å². The molecule has 3 aromatic heterocycles. The first-order chi connectivity index (χ1) is 15.8. The van der Waals surface area contributed by atoms with Crippen LogP contribution >= 0.6 is 0 Å². The highest BCUT2D eigenvalue weighted by Gasteiger charge is 2.20. The van der Waals surface area contributed by atoms with Gasteiger partial charge in [-0.05, 0) is 36.2 Å². The van der Waals surface area contributed by atoms with Crippen LogP contribution in [0.25, 0.3) is 17.0 Å². The van der Waals surface area contributed by atoms with Gasteiger partial charge in [0.05, 0.1) is 0 Å². The molecule has 0 unspecified atom stereocenters. The lowest BCUT2D eigenvalue weighted by Gasteiger charge is -2.23. The first-order valence-electron chi connectivity index (χ1n) is 10.7. The Kier molecular flexibility index (Phi) is 5.61. The van der Waals surface area contributed by atoms with Crippen molar-refractivity contribution >= 4 is 17.5 Å². The second kappa shape index (κ2) is 9.01. The van der Waals surface area contributed by atoms with Crippen LogP contribution in [-0.4, -0.2) is 61.9 Å². The zero-order chi connectivity index (χ0) is 21.8. The van der Waals surface area contributed by atoms with Gasteiger partial charge in [-0.15, -0.1) is 15.3 Å². The molecule has 1 aromatic carbocycles. The summed E-state index contributed by atoms with van der Waals surface area (Å²) in [6.07, 6.45) is 4.33. The van der Waals surface area contributed by atoms with Gasteiger partial charge in [0, 0.05) is 50.7 Å². The van der Waals surface area contributed by atoms with Gasteiger partial charge in [-0.3, -0.25) is 4.98 Å². The number of aromatic nitrogens is 5. The molecule has 0 spiro atoms. The number of nitrogens with zero attached hydrogens (tertiary/aromatic N) is 7. The summed E-state index contributed by atoms with van der Waals surface area (Å²) in [7, 11) is 0. The second-order valence-electron chi connectivity index (χ2n) is 7.69. The van der Waals surface area contributed by atoms with Gasteiger partial charge >= 0.3 is 6.03 Å². The molecule has 5 rings (SSSR count). The zero-order valence-electron chi connectivity index (χ0n) is 17.6. The van der Waals surface area contributed by atoms with Crippen LogP contribution in [0.4, 0.5) is 10.6 Å². The number of pyridine rings is 1. The lowest BCUT2D eigenvalue weighted by atomic mass is 10.2. The average molecular weight is 429 g/mol. The lowest BCUT2D eigenvalue weighted by molar-refractivity contribution is 0.201. The third-order valence-electron chi connectivity index (χ3n) is 5.58. The summed E-state index contributed by atoms with van der Waals surface area (Å²) in [5, 5.41) is 16.4. The molecule has 0 radical (unpaired) electrons. The lowest BCUT2D eigenvalue weighted by Crippen LogP contribution is -2.41. The number of hydrogen-bond acceptors (Lipinski definition) is 6. The summed E-state index contributed by atoms with van der Waals surface area (Å²) in [6, 6.07) is 17.6. The summed E-state index contributed by atoms with van der Waals surface area (Å²) >= 11 is 0. The van der Waals surface area contributed by atoms with Crippen LogP contribution in [0.5, 0.6) is 0 Å².